The summed E-state index contributed by atoms with van der Waals surface area (Å²) >= 11 is 0. The molecule has 0 atom stereocenters. The summed E-state index contributed by atoms with van der Waals surface area (Å²) in [4.78, 5) is 4.31. The molecule has 0 fully saturated rings. The number of ether oxygens (including phenoxy) is 2. The Morgan fingerprint density at radius 3 is 2.52 bits per heavy atom. The Morgan fingerprint density at radius 2 is 1.76 bits per heavy atom. The molecule has 0 spiro atoms. The molecule has 0 saturated heterocycles. The predicted molar refractivity (Wildman–Crippen MR) is 80.7 cm³/mol. The summed E-state index contributed by atoms with van der Waals surface area (Å²) in [5.41, 5.74) is 0.781. The van der Waals surface area contributed by atoms with Crippen molar-refractivity contribution in [3.8, 4) is 17.4 Å². The summed E-state index contributed by atoms with van der Waals surface area (Å²) in [6.07, 6.45) is 1.64. The van der Waals surface area contributed by atoms with E-state index in [4.69, 9.17) is 9.47 Å². The SMILES string of the molecule is COc1cccc(Oc2ncc(CO)c3ccccc23)c1. The van der Waals surface area contributed by atoms with Crippen molar-refractivity contribution in [1.29, 1.82) is 0 Å². The third-order valence-corrected chi connectivity index (χ3v) is 3.27. The van der Waals surface area contributed by atoms with Gasteiger partial charge in [0.15, 0.2) is 0 Å². The van der Waals surface area contributed by atoms with Gasteiger partial charge >= 0.3 is 0 Å². The van der Waals surface area contributed by atoms with Crippen molar-refractivity contribution in [2.24, 2.45) is 0 Å². The van der Waals surface area contributed by atoms with Crippen LogP contribution in [0, 0.1) is 0 Å². The van der Waals surface area contributed by atoms with Crippen molar-refractivity contribution in [2.75, 3.05) is 7.11 Å². The molecule has 106 valence electrons. The molecule has 0 saturated carbocycles. The fourth-order valence-corrected chi connectivity index (χ4v) is 2.21. The average molecular weight is 281 g/mol. The molecule has 1 N–H and O–H groups in total. The van der Waals surface area contributed by atoms with Gasteiger partial charge in [-0.15, -0.1) is 0 Å². The number of methoxy groups -OCH3 is 1. The van der Waals surface area contributed by atoms with Crippen LogP contribution in [0.1, 0.15) is 5.56 Å². The maximum absolute atomic E-state index is 9.39. The molecule has 3 aromatic rings. The first-order valence-electron chi connectivity index (χ1n) is 6.61. The van der Waals surface area contributed by atoms with Crippen molar-refractivity contribution in [2.45, 2.75) is 6.61 Å². The van der Waals surface area contributed by atoms with Crippen molar-refractivity contribution in [3.05, 3.63) is 60.3 Å². The number of aliphatic hydroxyl groups excluding tert-OH is 1. The maximum atomic E-state index is 9.39. The van der Waals surface area contributed by atoms with Crippen LogP contribution in [0.25, 0.3) is 10.8 Å². The van der Waals surface area contributed by atoms with Gasteiger partial charge in [0.25, 0.3) is 0 Å². The lowest BCUT2D eigenvalue weighted by Crippen LogP contribution is -1.94. The molecular formula is C17H15NO3. The third kappa shape index (κ3) is 2.66. The molecule has 1 heterocycles. The van der Waals surface area contributed by atoms with Crippen LogP contribution in [-0.4, -0.2) is 17.2 Å². The summed E-state index contributed by atoms with van der Waals surface area (Å²) in [7, 11) is 1.61. The summed E-state index contributed by atoms with van der Waals surface area (Å²) < 4.78 is 11.0. The molecular weight excluding hydrogens is 266 g/mol. The number of benzene rings is 2. The molecule has 4 heteroatoms. The zero-order chi connectivity index (χ0) is 14.7. The van der Waals surface area contributed by atoms with Crippen LogP contribution >= 0.6 is 0 Å². The van der Waals surface area contributed by atoms with E-state index in [0.717, 1.165) is 22.1 Å². The highest BCUT2D eigenvalue weighted by molar-refractivity contribution is 5.89. The van der Waals surface area contributed by atoms with Crippen LogP contribution in [0.2, 0.25) is 0 Å². The number of aromatic nitrogens is 1. The Balaban J connectivity index is 2.04. The minimum atomic E-state index is -0.0487. The Morgan fingerprint density at radius 1 is 1.00 bits per heavy atom. The Kier molecular flexibility index (Phi) is 3.71. The second-order valence-corrected chi connectivity index (χ2v) is 4.57. The van der Waals surface area contributed by atoms with Gasteiger partial charge in [0.1, 0.15) is 11.5 Å². The highest BCUT2D eigenvalue weighted by Crippen LogP contribution is 2.31. The van der Waals surface area contributed by atoms with Crippen LogP contribution in [0.15, 0.2) is 54.7 Å². The van der Waals surface area contributed by atoms with Crippen molar-refractivity contribution in [3.63, 3.8) is 0 Å². The molecule has 0 aliphatic carbocycles. The summed E-state index contributed by atoms with van der Waals surface area (Å²) in [5, 5.41) is 11.2. The van der Waals surface area contributed by atoms with E-state index in [0.29, 0.717) is 11.6 Å². The van der Waals surface area contributed by atoms with Gasteiger partial charge in [0.2, 0.25) is 5.88 Å². The van der Waals surface area contributed by atoms with Gasteiger partial charge < -0.3 is 14.6 Å². The van der Waals surface area contributed by atoms with Crippen LogP contribution < -0.4 is 9.47 Å². The molecule has 0 amide bonds. The average Bonchev–Trinajstić information content (AvgIpc) is 2.55. The minimum Gasteiger partial charge on any atom is -0.497 e. The zero-order valence-corrected chi connectivity index (χ0v) is 11.6. The number of hydrogen-bond donors (Lipinski definition) is 1. The molecule has 2 aromatic carbocycles. The van der Waals surface area contributed by atoms with E-state index >= 15 is 0 Å². The first kappa shape index (κ1) is 13.4. The number of aliphatic hydroxyl groups is 1. The van der Waals surface area contributed by atoms with E-state index < -0.39 is 0 Å². The number of hydrogen-bond acceptors (Lipinski definition) is 4. The van der Waals surface area contributed by atoms with E-state index in [1.54, 1.807) is 19.4 Å². The highest BCUT2D eigenvalue weighted by Gasteiger charge is 2.09. The van der Waals surface area contributed by atoms with Gasteiger partial charge in [-0.2, -0.15) is 0 Å². The van der Waals surface area contributed by atoms with Crippen LogP contribution in [-0.2, 0) is 6.61 Å². The third-order valence-electron chi connectivity index (χ3n) is 3.27. The van der Waals surface area contributed by atoms with Gasteiger partial charge in [-0.05, 0) is 23.6 Å². The molecule has 0 unspecified atom stereocenters. The number of pyridine rings is 1. The molecule has 4 nitrogen and oxygen atoms in total. The quantitative estimate of drug-likeness (QED) is 0.795. The lowest BCUT2D eigenvalue weighted by Gasteiger charge is -2.10. The Labute approximate surface area is 122 Å². The molecule has 0 aliphatic heterocycles. The van der Waals surface area contributed by atoms with E-state index in [-0.39, 0.29) is 6.61 Å². The monoisotopic (exact) mass is 281 g/mol. The number of nitrogens with zero attached hydrogens (tertiary/aromatic N) is 1. The molecule has 1 aromatic heterocycles. The summed E-state index contributed by atoms with van der Waals surface area (Å²) in [6.45, 7) is -0.0487. The van der Waals surface area contributed by atoms with Gasteiger partial charge in [-0.1, -0.05) is 24.3 Å². The van der Waals surface area contributed by atoms with Gasteiger partial charge in [-0.25, -0.2) is 4.98 Å². The fraction of sp³-hybridized carbons (Fsp3) is 0.118. The molecule has 3 rings (SSSR count). The lowest BCUT2D eigenvalue weighted by atomic mass is 10.1. The van der Waals surface area contributed by atoms with Gasteiger partial charge in [0, 0.05) is 23.2 Å². The largest absolute Gasteiger partial charge is 0.497 e. The highest BCUT2D eigenvalue weighted by atomic mass is 16.5. The van der Waals surface area contributed by atoms with Crippen molar-refractivity contribution in [1.82, 2.24) is 4.98 Å². The summed E-state index contributed by atoms with van der Waals surface area (Å²) in [5.74, 6) is 1.89. The molecule has 0 aliphatic rings. The number of fused-ring (bicyclic) bond motifs is 1. The van der Waals surface area contributed by atoms with E-state index in [1.807, 2.05) is 42.5 Å². The van der Waals surface area contributed by atoms with E-state index in [9.17, 15) is 5.11 Å². The molecule has 21 heavy (non-hydrogen) atoms. The molecule has 0 bridgehead atoms. The predicted octanol–water partition coefficient (Wildman–Crippen LogP) is 3.53. The van der Waals surface area contributed by atoms with Crippen LogP contribution in [0.3, 0.4) is 0 Å². The van der Waals surface area contributed by atoms with Gasteiger partial charge in [0.05, 0.1) is 13.7 Å². The minimum absolute atomic E-state index is 0.0487. The summed E-state index contributed by atoms with van der Waals surface area (Å²) in [6, 6.07) is 15.1. The lowest BCUT2D eigenvalue weighted by molar-refractivity contribution is 0.283. The fourth-order valence-electron chi connectivity index (χ4n) is 2.21. The Bertz CT molecular complexity index is 771. The van der Waals surface area contributed by atoms with E-state index in [1.165, 1.54) is 0 Å². The molecule has 0 radical (unpaired) electrons. The van der Waals surface area contributed by atoms with Crippen molar-refractivity contribution < 1.29 is 14.6 Å². The first-order chi connectivity index (χ1) is 10.3. The smallest absolute Gasteiger partial charge is 0.227 e. The van der Waals surface area contributed by atoms with Crippen LogP contribution in [0.4, 0.5) is 0 Å². The second-order valence-electron chi connectivity index (χ2n) is 4.57. The normalized spacial score (nSPS) is 10.6. The van der Waals surface area contributed by atoms with Crippen LogP contribution in [0.5, 0.6) is 17.4 Å². The van der Waals surface area contributed by atoms with Gasteiger partial charge in [-0.3, -0.25) is 0 Å². The first-order valence-corrected chi connectivity index (χ1v) is 6.61. The van der Waals surface area contributed by atoms with E-state index in [2.05, 4.69) is 4.98 Å². The maximum Gasteiger partial charge on any atom is 0.227 e. The topological polar surface area (TPSA) is 51.6 Å². The number of rotatable bonds is 4. The second kappa shape index (κ2) is 5.81. The zero-order valence-electron chi connectivity index (χ0n) is 11.6. The van der Waals surface area contributed by atoms with Crippen molar-refractivity contribution >= 4 is 10.8 Å². The Hall–Kier alpha value is -2.59. The standard InChI is InChI=1S/C17H15NO3/c1-20-13-5-4-6-14(9-13)21-17-16-8-3-2-7-15(16)12(11-19)10-18-17/h2-10,19H,11H2,1H3.